The molecular formula is C12H12N2O. The van der Waals surface area contributed by atoms with Crippen molar-refractivity contribution < 1.29 is 4.74 Å². The van der Waals surface area contributed by atoms with Crippen LogP contribution in [-0.4, -0.2) is 11.7 Å². The molecule has 76 valence electrons. The fourth-order valence-corrected chi connectivity index (χ4v) is 1.94. The van der Waals surface area contributed by atoms with E-state index in [0.717, 1.165) is 22.2 Å². The van der Waals surface area contributed by atoms with Gasteiger partial charge in [-0.15, -0.1) is 0 Å². The molecule has 1 heterocycles. The number of aryl methyl sites for hydroxylation is 2. The molecule has 1 aromatic carbocycles. The maximum Gasteiger partial charge on any atom is 0.143 e. The van der Waals surface area contributed by atoms with Crippen LogP contribution in [0.1, 0.15) is 11.1 Å². The van der Waals surface area contributed by atoms with Gasteiger partial charge >= 0.3 is 0 Å². The minimum absolute atomic E-state index is 0.698. The van der Waals surface area contributed by atoms with Gasteiger partial charge in [-0.25, -0.2) is 0 Å². The van der Waals surface area contributed by atoms with Gasteiger partial charge < -0.3 is 9.30 Å². The molecule has 0 amide bonds. The first-order valence-electron chi connectivity index (χ1n) is 4.71. The predicted molar refractivity (Wildman–Crippen MR) is 58.9 cm³/mol. The highest BCUT2D eigenvalue weighted by Crippen LogP contribution is 2.31. The van der Waals surface area contributed by atoms with Gasteiger partial charge in [0, 0.05) is 18.6 Å². The van der Waals surface area contributed by atoms with Crippen LogP contribution in [0.2, 0.25) is 0 Å². The van der Waals surface area contributed by atoms with Crippen LogP contribution in [0.15, 0.2) is 18.3 Å². The molecule has 0 saturated heterocycles. The second kappa shape index (κ2) is 3.32. The Morgan fingerprint density at radius 1 is 1.40 bits per heavy atom. The second-order valence-electron chi connectivity index (χ2n) is 3.57. The maximum atomic E-state index is 9.03. The molecule has 0 atom stereocenters. The van der Waals surface area contributed by atoms with Crippen molar-refractivity contribution in [2.75, 3.05) is 7.11 Å². The summed E-state index contributed by atoms with van der Waals surface area (Å²) in [5.74, 6) is 0.805. The Kier molecular flexibility index (Phi) is 2.12. The van der Waals surface area contributed by atoms with Crippen molar-refractivity contribution in [3.8, 4) is 11.8 Å². The van der Waals surface area contributed by atoms with Crippen molar-refractivity contribution in [2.24, 2.45) is 7.05 Å². The minimum atomic E-state index is 0.698. The van der Waals surface area contributed by atoms with E-state index in [2.05, 4.69) is 6.07 Å². The van der Waals surface area contributed by atoms with Gasteiger partial charge in [0.2, 0.25) is 0 Å². The van der Waals surface area contributed by atoms with Gasteiger partial charge in [-0.1, -0.05) is 6.07 Å². The van der Waals surface area contributed by atoms with Crippen LogP contribution in [0.5, 0.6) is 5.75 Å². The third-order valence-electron chi connectivity index (χ3n) is 2.63. The van der Waals surface area contributed by atoms with Crippen molar-refractivity contribution in [2.45, 2.75) is 6.92 Å². The predicted octanol–water partition coefficient (Wildman–Crippen LogP) is 2.37. The Bertz CT molecular complexity index is 561. The van der Waals surface area contributed by atoms with E-state index >= 15 is 0 Å². The highest BCUT2D eigenvalue weighted by Gasteiger charge is 2.12. The summed E-state index contributed by atoms with van der Waals surface area (Å²) < 4.78 is 7.22. The molecule has 3 heteroatoms. The normalized spacial score (nSPS) is 10.3. The van der Waals surface area contributed by atoms with Gasteiger partial charge in [-0.3, -0.25) is 0 Å². The second-order valence-corrected chi connectivity index (χ2v) is 3.57. The fraction of sp³-hybridized carbons (Fsp3) is 0.250. The van der Waals surface area contributed by atoms with Crippen molar-refractivity contribution >= 4 is 10.9 Å². The zero-order valence-electron chi connectivity index (χ0n) is 9.03. The van der Waals surface area contributed by atoms with Crippen molar-refractivity contribution in [1.82, 2.24) is 4.57 Å². The Labute approximate surface area is 88.5 Å². The molecule has 2 aromatic rings. The van der Waals surface area contributed by atoms with Gasteiger partial charge in [0.1, 0.15) is 11.8 Å². The minimum Gasteiger partial charge on any atom is -0.495 e. The molecule has 0 bridgehead atoms. The molecule has 0 aliphatic rings. The lowest BCUT2D eigenvalue weighted by Crippen LogP contribution is -1.90. The fourth-order valence-electron chi connectivity index (χ4n) is 1.94. The number of nitrogens with zero attached hydrogens (tertiary/aromatic N) is 2. The first kappa shape index (κ1) is 9.60. The van der Waals surface area contributed by atoms with Gasteiger partial charge in [0.05, 0.1) is 18.2 Å². The molecule has 15 heavy (non-hydrogen) atoms. The zero-order valence-corrected chi connectivity index (χ0v) is 9.03. The van der Waals surface area contributed by atoms with Crippen molar-refractivity contribution in [3.05, 3.63) is 29.5 Å². The third-order valence-corrected chi connectivity index (χ3v) is 2.63. The number of aromatic nitrogens is 1. The van der Waals surface area contributed by atoms with Crippen LogP contribution in [0, 0.1) is 18.3 Å². The molecule has 1 aromatic heterocycles. The Morgan fingerprint density at radius 3 is 2.73 bits per heavy atom. The van der Waals surface area contributed by atoms with E-state index < -0.39 is 0 Å². The van der Waals surface area contributed by atoms with Crippen molar-refractivity contribution in [1.29, 1.82) is 5.26 Å². The standard InChI is InChI=1S/C12H12N2O/c1-8-4-5-10(15-3)12-11(8)9(6-13)7-14(12)2/h4-5,7H,1-3H3. The lowest BCUT2D eigenvalue weighted by molar-refractivity contribution is 0.418. The summed E-state index contributed by atoms with van der Waals surface area (Å²) in [7, 11) is 3.56. The number of methoxy groups -OCH3 is 1. The number of benzene rings is 1. The molecule has 2 rings (SSSR count). The summed E-state index contributed by atoms with van der Waals surface area (Å²) in [6.07, 6.45) is 1.83. The first-order chi connectivity index (χ1) is 7.19. The third kappa shape index (κ3) is 1.26. The Balaban J connectivity index is 2.97. The highest BCUT2D eigenvalue weighted by molar-refractivity contribution is 5.93. The average molecular weight is 200 g/mol. The van der Waals surface area contributed by atoms with Gasteiger partial charge in [0.15, 0.2) is 0 Å². The number of fused-ring (bicyclic) bond motifs is 1. The molecule has 0 spiro atoms. The summed E-state index contributed by atoms with van der Waals surface area (Å²) in [5, 5.41) is 10.0. The first-order valence-corrected chi connectivity index (χ1v) is 4.71. The van der Waals surface area contributed by atoms with E-state index in [-0.39, 0.29) is 0 Å². The number of rotatable bonds is 1. The quantitative estimate of drug-likeness (QED) is 0.708. The number of hydrogen-bond donors (Lipinski definition) is 0. The van der Waals surface area contributed by atoms with E-state index in [1.165, 1.54) is 0 Å². The topological polar surface area (TPSA) is 37.9 Å². The lowest BCUT2D eigenvalue weighted by Gasteiger charge is -2.06. The zero-order chi connectivity index (χ0) is 11.0. The molecule has 0 N–H and O–H groups in total. The summed E-state index contributed by atoms with van der Waals surface area (Å²) >= 11 is 0. The summed E-state index contributed by atoms with van der Waals surface area (Å²) in [6, 6.07) is 6.11. The molecule has 0 radical (unpaired) electrons. The molecule has 0 aliphatic carbocycles. The monoisotopic (exact) mass is 200 g/mol. The van der Waals surface area contributed by atoms with E-state index in [1.807, 2.05) is 36.9 Å². The van der Waals surface area contributed by atoms with Crippen LogP contribution >= 0.6 is 0 Å². The lowest BCUT2D eigenvalue weighted by atomic mass is 10.1. The molecule has 0 saturated carbocycles. The largest absolute Gasteiger partial charge is 0.495 e. The van der Waals surface area contributed by atoms with E-state index in [0.29, 0.717) is 5.56 Å². The van der Waals surface area contributed by atoms with E-state index in [4.69, 9.17) is 10.00 Å². The maximum absolute atomic E-state index is 9.03. The number of hydrogen-bond acceptors (Lipinski definition) is 2. The van der Waals surface area contributed by atoms with Crippen LogP contribution in [-0.2, 0) is 7.05 Å². The summed E-state index contributed by atoms with van der Waals surface area (Å²) in [5.41, 5.74) is 2.78. The summed E-state index contributed by atoms with van der Waals surface area (Å²) in [6.45, 7) is 2.00. The van der Waals surface area contributed by atoms with Gasteiger partial charge in [-0.2, -0.15) is 5.26 Å². The highest BCUT2D eigenvalue weighted by atomic mass is 16.5. The van der Waals surface area contributed by atoms with Gasteiger partial charge in [-0.05, 0) is 18.6 Å². The van der Waals surface area contributed by atoms with E-state index in [9.17, 15) is 0 Å². The Morgan fingerprint density at radius 2 is 2.13 bits per heavy atom. The molecule has 3 nitrogen and oxygen atoms in total. The SMILES string of the molecule is COc1ccc(C)c2c(C#N)cn(C)c12. The van der Waals surface area contributed by atoms with Crippen LogP contribution in [0.3, 0.4) is 0 Å². The molecule has 0 unspecified atom stereocenters. The van der Waals surface area contributed by atoms with Crippen LogP contribution in [0.4, 0.5) is 0 Å². The van der Waals surface area contributed by atoms with Crippen LogP contribution in [0.25, 0.3) is 10.9 Å². The summed E-state index contributed by atoms with van der Waals surface area (Å²) in [4.78, 5) is 0. The number of nitriles is 1. The Hall–Kier alpha value is -1.95. The number of ether oxygens (including phenoxy) is 1. The van der Waals surface area contributed by atoms with Gasteiger partial charge in [0.25, 0.3) is 0 Å². The molecule has 0 fully saturated rings. The van der Waals surface area contributed by atoms with Crippen LogP contribution < -0.4 is 4.74 Å². The van der Waals surface area contributed by atoms with Crippen molar-refractivity contribution in [3.63, 3.8) is 0 Å². The smallest absolute Gasteiger partial charge is 0.143 e. The molecular weight excluding hydrogens is 188 g/mol. The average Bonchev–Trinajstić information content (AvgIpc) is 2.58. The molecule has 0 aliphatic heterocycles. The van der Waals surface area contributed by atoms with E-state index in [1.54, 1.807) is 7.11 Å².